The van der Waals surface area contributed by atoms with E-state index in [-0.39, 0.29) is 0 Å². The van der Waals surface area contributed by atoms with Gasteiger partial charge in [0.1, 0.15) is 0 Å². The molecule has 0 spiro atoms. The number of hydrogen-bond acceptors (Lipinski definition) is 4. The van der Waals surface area contributed by atoms with Gasteiger partial charge in [0.05, 0.1) is 18.1 Å². The average Bonchev–Trinajstić information content (AvgIpc) is 3.07. The van der Waals surface area contributed by atoms with Crippen LogP contribution in [-0.4, -0.2) is 40.7 Å². The number of nitrogens with zero attached hydrogens (tertiary/aromatic N) is 3. The number of imidazole rings is 1. The van der Waals surface area contributed by atoms with Crippen LogP contribution < -0.4 is 5.32 Å². The summed E-state index contributed by atoms with van der Waals surface area (Å²) in [4.78, 5) is 18.8. The Morgan fingerprint density at radius 1 is 1.11 bits per heavy atom. The average molecular weight is 364 g/mol. The number of anilines is 1. The molecule has 0 saturated carbocycles. The Kier molecular flexibility index (Phi) is 5.07. The van der Waals surface area contributed by atoms with Gasteiger partial charge < -0.3 is 9.30 Å². The lowest BCUT2D eigenvalue weighted by Crippen LogP contribution is -2.34. The van der Waals surface area contributed by atoms with E-state index < -0.39 is 6.09 Å². The monoisotopic (exact) mass is 364 g/mol. The summed E-state index contributed by atoms with van der Waals surface area (Å²) in [5.74, 6) is 0.560. The number of rotatable bonds is 4. The van der Waals surface area contributed by atoms with E-state index in [0.29, 0.717) is 12.0 Å². The zero-order valence-electron chi connectivity index (χ0n) is 15.5. The van der Waals surface area contributed by atoms with Crippen LogP contribution in [0.3, 0.4) is 0 Å². The van der Waals surface area contributed by atoms with Crippen molar-refractivity contribution < 1.29 is 9.53 Å². The Balaban J connectivity index is 1.52. The number of piperidine rings is 1. The van der Waals surface area contributed by atoms with Crippen LogP contribution in [0.1, 0.15) is 24.4 Å². The van der Waals surface area contributed by atoms with Crippen LogP contribution in [0.25, 0.3) is 11.0 Å². The maximum atomic E-state index is 11.8. The van der Waals surface area contributed by atoms with E-state index in [1.807, 2.05) is 18.2 Å². The molecule has 0 aliphatic carbocycles. The van der Waals surface area contributed by atoms with E-state index in [2.05, 4.69) is 56.2 Å². The van der Waals surface area contributed by atoms with Gasteiger partial charge >= 0.3 is 6.09 Å². The quantitative estimate of drug-likeness (QED) is 0.759. The van der Waals surface area contributed by atoms with Crippen molar-refractivity contribution in [3.8, 4) is 0 Å². The molecule has 1 aliphatic rings. The summed E-state index contributed by atoms with van der Waals surface area (Å²) in [5, 5.41) is 2.78. The Morgan fingerprint density at radius 2 is 1.81 bits per heavy atom. The molecule has 0 radical (unpaired) electrons. The van der Waals surface area contributed by atoms with Gasteiger partial charge in [-0.1, -0.05) is 42.5 Å². The molecule has 6 nitrogen and oxygen atoms in total. The van der Waals surface area contributed by atoms with Gasteiger partial charge in [0.25, 0.3) is 0 Å². The minimum Gasteiger partial charge on any atom is -0.453 e. The van der Waals surface area contributed by atoms with Gasteiger partial charge in [-0.2, -0.15) is 0 Å². The molecular formula is C21H24N4O2. The smallest absolute Gasteiger partial charge is 0.413 e. The molecule has 3 aromatic rings. The first kappa shape index (κ1) is 17.5. The van der Waals surface area contributed by atoms with Gasteiger partial charge in [-0.05, 0) is 30.5 Å². The van der Waals surface area contributed by atoms with Gasteiger partial charge in [-0.25, -0.2) is 9.78 Å². The lowest BCUT2D eigenvalue weighted by molar-refractivity contribution is 0.180. The molecule has 4 rings (SSSR count). The van der Waals surface area contributed by atoms with Crippen molar-refractivity contribution >= 4 is 23.1 Å². The van der Waals surface area contributed by atoms with E-state index >= 15 is 0 Å². The molecule has 2 heterocycles. The lowest BCUT2D eigenvalue weighted by Gasteiger charge is -2.33. The Labute approximate surface area is 158 Å². The number of aromatic nitrogens is 2. The summed E-state index contributed by atoms with van der Waals surface area (Å²) < 4.78 is 6.92. The fourth-order valence-electron chi connectivity index (χ4n) is 3.82. The molecule has 1 saturated heterocycles. The number of para-hydroxylation sites is 2. The molecule has 2 aromatic carbocycles. The second-order valence-corrected chi connectivity index (χ2v) is 6.90. The van der Waals surface area contributed by atoms with Crippen molar-refractivity contribution in [2.24, 2.45) is 0 Å². The standard InChI is InChI=1S/C21H24N4O2/c1-27-21(26)23-20-22-18-9-5-6-10-19(18)25(20)17-11-13-24(14-12-17)15-16-7-3-2-4-8-16/h2-10,17H,11-15H2,1H3,(H,22,23,26). The van der Waals surface area contributed by atoms with Crippen molar-refractivity contribution in [3.05, 3.63) is 60.2 Å². The Hall–Kier alpha value is -2.86. The first-order valence-electron chi connectivity index (χ1n) is 9.33. The van der Waals surface area contributed by atoms with Crippen LogP contribution in [-0.2, 0) is 11.3 Å². The van der Waals surface area contributed by atoms with Crippen molar-refractivity contribution in [2.45, 2.75) is 25.4 Å². The minimum atomic E-state index is -0.493. The van der Waals surface area contributed by atoms with E-state index in [1.165, 1.54) is 12.7 Å². The summed E-state index contributed by atoms with van der Waals surface area (Å²) in [5.41, 5.74) is 3.28. The molecule has 6 heteroatoms. The van der Waals surface area contributed by atoms with E-state index in [0.717, 1.165) is 43.5 Å². The highest BCUT2D eigenvalue weighted by atomic mass is 16.5. The number of benzene rings is 2. The van der Waals surface area contributed by atoms with Crippen LogP contribution in [0.2, 0.25) is 0 Å². The number of amides is 1. The van der Waals surface area contributed by atoms with Gasteiger partial charge in [-0.3, -0.25) is 10.2 Å². The van der Waals surface area contributed by atoms with Crippen molar-refractivity contribution in [1.82, 2.24) is 14.5 Å². The fourth-order valence-corrected chi connectivity index (χ4v) is 3.82. The zero-order valence-corrected chi connectivity index (χ0v) is 15.5. The maximum absolute atomic E-state index is 11.8. The Bertz CT molecular complexity index is 914. The summed E-state index contributed by atoms with van der Waals surface area (Å²) in [6.07, 6.45) is 1.54. The number of nitrogens with one attached hydrogen (secondary N) is 1. The van der Waals surface area contributed by atoms with E-state index in [4.69, 9.17) is 4.74 Å². The van der Waals surface area contributed by atoms with Crippen LogP contribution in [0.4, 0.5) is 10.7 Å². The summed E-state index contributed by atoms with van der Waals surface area (Å²) >= 11 is 0. The number of ether oxygens (including phenoxy) is 1. The van der Waals surface area contributed by atoms with Crippen molar-refractivity contribution in [1.29, 1.82) is 0 Å². The summed E-state index contributed by atoms with van der Waals surface area (Å²) in [7, 11) is 1.37. The molecule has 1 aromatic heterocycles. The Morgan fingerprint density at radius 3 is 2.56 bits per heavy atom. The largest absolute Gasteiger partial charge is 0.453 e. The third kappa shape index (κ3) is 3.80. The molecule has 140 valence electrons. The predicted octanol–water partition coefficient (Wildman–Crippen LogP) is 4.05. The van der Waals surface area contributed by atoms with Crippen molar-refractivity contribution in [3.63, 3.8) is 0 Å². The van der Waals surface area contributed by atoms with Crippen LogP contribution in [0.15, 0.2) is 54.6 Å². The SMILES string of the molecule is COC(=O)Nc1nc2ccccc2n1C1CCN(Cc2ccccc2)CC1. The van der Waals surface area contributed by atoms with Crippen LogP contribution in [0.5, 0.6) is 0 Å². The second kappa shape index (κ2) is 7.80. The van der Waals surface area contributed by atoms with Gasteiger partial charge in [-0.15, -0.1) is 0 Å². The van der Waals surface area contributed by atoms with E-state index in [9.17, 15) is 4.79 Å². The van der Waals surface area contributed by atoms with Crippen molar-refractivity contribution in [2.75, 3.05) is 25.5 Å². The first-order chi connectivity index (χ1) is 13.2. The number of carbonyl (C=O) groups is 1. The number of fused-ring (bicyclic) bond motifs is 1. The van der Waals surface area contributed by atoms with Gasteiger partial charge in [0.15, 0.2) is 0 Å². The summed E-state index contributed by atoms with van der Waals surface area (Å²) in [6, 6.07) is 18.9. The molecule has 0 unspecified atom stereocenters. The molecule has 1 N–H and O–H groups in total. The topological polar surface area (TPSA) is 59.4 Å². The second-order valence-electron chi connectivity index (χ2n) is 6.90. The molecule has 0 bridgehead atoms. The zero-order chi connectivity index (χ0) is 18.6. The molecule has 27 heavy (non-hydrogen) atoms. The molecular weight excluding hydrogens is 340 g/mol. The normalized spacial score (nSPS) is 15.7. The number of methoxy groups -OCH3 is 1. The minimum absolute atomic E-state index is 0.302. The highest BCUT2D eigenvalue weighted by molar-refractivity contribution is 5.87. The highest BCUT2D eigenvalue weighted by Crippen LogP contribution is 2.31. The molecule has 1 amide bonds. The highest BCUT2D eigenvalue weighted by Gasteiger charge is 2.25. The first-order valence-corrected chi connectivity index (χ1v) is 9.33. The molecule has 1 aliphatic heterocycles. The molecule has 1 fully saturated rings. The van der Waals surface area contributed by atoms with E-state index in [1.54, 1.807) is 0 Å². The third-order valence-corrected chi connectivity index (χ3v) is 5.17. The third-order valence-electron chi connectivity index (χ3n) is 5.17. The van der Waals surface area contributed by atoms with Gasteiger partial charge in [0, 0.05) is 25.7 Å². The van der Waals surface area contributed by atoms with Gasteiger partial charge in [0.2, 0.25) is 5.95 Å². The number of hydrogen-bond donors (Lipinski definition) is 1. The lowest BCUT2D eigenvalue weighted by atomic mass is 10.0. The number of likely N-dealkylation sites (tertiary alicyclic amines) is 1. The number of carbonyl (C=O) groups excluding carboxylic acids is 1. The summed E-state index contributed by atoms with van der Waals surface area (Å²) in [6.45, 7) is 3.01. The molecule has 0 atom stereocenters. The van der Waals surface area contributed by atoms with Crippen LogP contribution in [0, 0.1) is 0 Å². The predicted molar refractivity (Wildman–Crippen MR) is 106 cm³/mol. The maximum Gasteiger partial charge on any atom is 0.413 e. The fraction of sp³-hybridized carbons (Fsp3) is 0.333. The van der Waals surface area contributed by atoms with Crippen LogP contribution >= 0.6 is 0 Å².